The van der Waals surface area contributed by atoms with Crippen molar-refractivity contribution >= 4 is 6.29 Å². The van der Waals surface area contributed by atoms with Gasteiger partial charge in [-0.2, -0.15) is 5.26 Å². The molecule has 0 aromatic heterocycles. The Morgan fingerprint density at radius 2 is 2.11 bits per heavy atom. The van der Waals surface area contributed by atoms with Crippen molar-refractivity contribution in [2.24, 2.45) is 17.8 Å². The molecule has 2 saturated carbocycles. The van der Waals surface area contributed by atoms with E-state index < -0.39 is 0 Å². The van der Waals surface area contributed by atoms with Crippen LogP contribution in [0.25, 0.3) is 0 Å². The molecule has 0 spiro atoms. The minimum absolute atomic E-state index is 0.133. The SMILES string of the molecule is CC=O.COC1(CC#N)C(C)CC2CCCC1C2. The molecule has 3 heteroatoms. The molecular formula is C15H25NO2. The van der Waals surface area contributed by atoms with E-state index in [4.69, 9.17) is 14.8 Å². The average Bonchev–Trinajstić information content (AvgIpc) is 2.36. The Hall–Kier alpha value is -0.880. The lowest BCUT2D eigenvalue weighted by Gasteiger charge is -2.51. The molecule has 0 aromatic carbocycles. The number of carbonyl (C=O) groups is 1. The molecule has 0 saturated heterocycles. The summed E-state index contributed by atoms with van der Waals surface area (Å²) in [6.45, 7) is 3.71. The molecule has 2 aliphatic rings. The Morgan fingerprint density at radius 1 is 1.44 bits per heavy atom. The second-order valence-electron chi connectivity index (χ2n) is 5.60. The third kappa shape index (κ3) is 2.92. The van der Waals surface area contributed by atoms with Crippen LogP contribution in [0.15, 0.2) is 0 Å². The zero-order chi connectivity index (χ0) is 13.6. The first-order valence-electron chi connectivity index (χ1n) is 6.96. The Labute approximate surface area is 111 Å². The smallest absolute Gasteiger partial charge is 0.116 e. The van der Waals surface area contributed by atoms with Crippen LogP contribution < -0.4 is 0 Å². The summed E-state index contributed by atoms with van der Waals surface area (Å²) in [4.78, 5) is 8.81. The third-order valence-corrected chi connectivity index (χ3v) is 4.73. The largest absolute Gasteiger partial charge is 0.377 e. The molecular weight excluding hydrogens is 226 g/mol. The first kappa shape index (κ1) is 15.2. The van der Waals surface area contributed by atoms with Gasteiger partial charge in [0.2, 0.25) is 0 Å². The molecule has 0 amide bonds. The van der Waals surface area contributed by atoms with E-state index in [0.717, 1.165) is 12.2 Å². The quantitative estimate of drug-likeness (QED) is 0.707. The standard InChI is InChI=1S/C13H21NO.C2H4O/c1-10-8-11-4-3-5-12(9-11)13(10,15-2)6-7-14;1-2-3/h10-12H,3-6,8-9H2,1-2H3;2H,1H3. The topological polar surface area (TPSA) is 50.1 Å². The molecule has 18 heavy (non-hydrogen) atoms. The molecule has 2 aliphatic carbocycles. The maximum absolute atomic E-state index is 9.00. The van der Waals surface area contributed by atoms with Gasteiger partial charge in [0.15, 0.2) is 0 Å². The monoisotopic (exact) mass is 251 g/mol. The van der Waals surface area contributed by atoms with Gasteiger partial charge in [-0.15, -0.1) is 0 Å². The minimum Gasteiger partial charge on any atom is -0.377 e. The van der Waals surface area contributed by atoms with Gasteiger partial charge in [0, 0.05) is 7.11 Å². The van der Waals surface area contributed by atoms with Crippen molar-refractivity contribution in [3.05, 3.63) is 0 Å². The molecule has 3 nitrogen and oxygen atoms in total. The fraction of sp³-hybridized carbons (Fsp3) is 0.867. The van der Waals surface area contributed by atoms with E-state index in [0.29, 0.717) is 18.3 Å². The van der Waals surface area contributed by atoms with Crippen molar-refractivity contribution in [1.29, 1.82) is 5.26 Å². The molecule has 0 heterocycles. The average molecular weight is 251 g/mol. The Kier molecular flexibility index (Phi) is 5.81. The van der Waals surface area contributed by atoms with Crippen LogP contribution in [0.4, 0.5) is 0 Å². The van der Waals surface area contributed by atoms with Crippen LogP contribution in [-0.4, -0.2) is 19.0 Å². The van der Waals surface area contributed by atoms with Gasteiger partial charge < -0.3 is 9.53 Å². The summed E-state index contributed by atoms with van der Waals surface area (Å²) in [5.41, 5.74) is -0.133. The summed E-state index contributed by atoms with van der Waals surface area (Å²) in [6.07, 6.45) is 7.86. The first-order valence-corrected chi connectivity index (χ1v) is 6.96. The van der Waals surface area contributed by atoms with Crippen LogP contribution in [0.2, 0.25) is 0 Å². The van der Waals surface area contributed by atoms with Crippen LogP contribution >= 0.6 is 0 Å². The highest BCUT2D eigenvalue weighted by Gasteiger charge is 2.49. The number of aldehydes is 1. The fourth-order valence-electron chi connectivity index (χ4n) is 3.93. The van der Waals surface area contributed by atoms with E-state index in [9.17, 15) is 0 Å². The van der Waals surface area contributed by atoms with Gasteiger partial charge in [-0.25, -0.2) is 0 Å². The van der Waals surface area contributed by atoms with Gasteiger partial charge in [-0.05, 0) is 43.9 Å². The van der Waals surface area contributed by atoms with Crippen molar-refractivity contribution < 1.29 is 9.53 Å². The van der Waals surface area contributed by atoms with Crippen molar-refractivity contribution in [2.75, 3.05) is 7.11 Å². The first-order chi connectivity index (χ1) is 8.64. The van der Waals surface area contributed by atoms with Crippen LogP contribution in [0.3, 0.4) is 0 Å². The minimum atomic E-state index is -0.133. The summed E-state index contributed by atoms with van der Waals surface area (Å²) < 4.78 is 5.79. The summed E-state index contributed by atoms with van der Waals surface area (Å²) in [5.74, 6) is 2.08. The zero-order valence-corrected chi connectivity index (χ0v) is 11.8. The Morgan fingerprint density at radius 3 is 2.67 bits per heavy atom. The Balaban J connectivity index is 0.000000492. The molecule has 0 N–H and O–H groups in total. The van der Waals surface area contributed by atoms with Crippen LogP contribution in [-0.2, 0) is 9.53 Å². The van der Waals surface area contributed by atoms with E-state index in [-0.39, 0.29) is 5.60 Å². The third-order valence-electron chi connectivity index (χ3n) is 4.73. The van der Waals surface area contributed by atoms with Crippen molar-refractivity contribution in [3.8, 4) is 6.07 Å². The van der Waals surface area contributed by atoms with E-state index in [1.165, 1.54) is 39.0 Å². The number of nitrogens with zero attached hydrogens (tertiary/aromatic N) is 1. The highest BCUT2D eigenvalue weighted by Crippen LogP contribution is 2.51. The van der Waals surface area contributed by atoms with Crippen LogP contribution in [0.1, 0.15) is 52.4 Å². The normalized spacial score (nSPS) is 38.0. The van der Waals surface area contributed by atoms with E-state index in [1.54, 1.807) is 7.11 Å². The molecule has 0 aromatic rings. The van der Waals surface area contributed by atoms with Gasteiger partial charge in [0.25, 0.3) is 0 Å². The van der Waals surface area contributed by atoms with Gasteiger partial charge in [-0.3, -0.25) is 0 Å². The van der Waals surface area contributed by atoms with Crippen molar-refractivity contribution in [1.82, 2.24) is 0 Å². The second-order valence-corrected chi connectivity index (χ2v) is 5.60. The van der Waals surface area contributed by atoms with Gasteiger partial charge in [0.1, 0.15) is 6.29 Å². The maximum atomic E-state index is 9.00. The molecule has 102 valence electrons. The molecule has 4 atom stereocenters. The number of rotatable bonds is 2. The number of ether oxygens (including phenoxy) is 1. The summed E-state index contributed by atoms with van der Waals surface area (Å²) in [7, 11) is 1.79. The van der Waals surface area contributed by atoms with Gasteiger partial charge in [0.05, 0.1) is 18.1 Å². The lowest BCUT2D eigenvalue weighted by Crippen LogP contribution is -2.51. The molecule has 2 rings (SSSR count). The van der Waals surface area contributed by atoms with Gasteiger partial charge >= 0.3 is 0 Å². The predicted octanol–water partition coefficient (Wildman–Crippen LogP) is 3.34. The van der Waals surface area contributed by atoms with Crippen molar-refractivity contribution in [2.45, 2.75) is 58.0 Å². The lowest BCUT2D eigenvalue weighted by molar-refractivity contribution is -0.139. The van der Waals surface area contributed by atoms with E-state index in [2.05, 4.69) is 13.0 Å². The second kappa shape index (κ2) is 6.89. The highest BCUT2D eigenvalue weighted by molar-refractivity contribution is 5.44. The number of carbonyl (C=O) groups excluding carboxylic acids is 1. The summed E-state index contributed by atoms with van der Waals surface area (Å²) in [5, 5.41) is 9.00. The summed E-state index contributed by atoms with van der Waals surface area (Å²) >= 11 is 0. The maximum Gasteiger partial charge on any atom is 0.116 e. The van der Waals surface area contributed by atoms with E-state index in [1.807, 2.05) is 0 Å². The predicted molar refractivity (Wildman–Crippen MR) is 70.9 cm³/mol. The van der Waals surface area contributed by atoms with Gasteiger partial charge in [-0.1, -0.05) is 19.8 Å². The lowest BCUT2D eigenvalue weighted by atomic mass is 9.59. The molecule has 4 unspecified atom stereocenters. The van der Waals surface area contributed by atoms with Crippen LogP contribution in [0.5, 0.6) is 0 Å². The zero-order valence-electron chi connectivity index (χ0n) is 11.8. The Bertz CT molecular complexity index is 308. The number of methoxy groups -OCH3 is 1. The number of nitriles is 1. The number of hydrogen-bond donors (Lipinski definition) is 0. The van der Waals surface area contributed by atoms with Crippen molar-refractivity contribution in [3.63, 3.8) is 0 Å². The molecule has 0 radical (unpaired) electrons. The highest BCUT2D eigenvalue weighted by atomic mass is 16.5. The number of hydrogen-bond acceptors (Lipinski definition) is 3. The van der Waals surface area contributed by atoms with Crippen LogP contribution in [0, 0.1) is 29.1 Å². The number of fused-ring (bicyclic) bond motifs is 2. The fourth-order valence-corrected chi connectivity index (χ4v) is 3.93. The van der Waals surface area contributed by atoms with E-state index >= 15 is 0 Å². The molecule has 2 bridgehead atoms. The molecule has 2 fully saturated rings. The summed E-state index contributed by atoms with van der Waals surface area (Å²) in [6, 6.07) is 2.34. The molecule has 0 aliphatic heterocycles.